The average molecular weight is 303 g/mol. The van der Waals surface area contributed by atoms with E-state index < -0.39 is 6.04 Å². The van der Waals surface area contributed by atoms with Crippen LogP contribution in [0.5, 0.6) is 0 Å². The molecule has 0 radical (unpaired) electrons. The molecule has 0 aliphatic heterocycles. The fraction of sp³-hybridized carbons (Fsp3) is 0.556. The Bertz CT molecular complexity index is 480. The molecule has 0 aromatic heterocycles. The lowest BCUT2D eigenvalue weighted by Gasteiger charge is -2.23. The number of ether oxygens (including phenoxy) is 1. The molecule has 22 heavy (non-hydrogen) atoms. The molecule has 1 aromatic carbocycles. The maximum absolute atomic E-state index is 12.3. The Kier molecular flexibility index (Phi) is 6.44. The standard InChI is InChI=1S/C18H25NO3/c1-14(20)19-17(12-15-8-4-2-5-9-15)18(21)22-13-16-10-6-3-7-11-16/h2,4-5,8-9,16-17H,3,6-7,10-13H2,1H3,(H,19,20)/t17-/m0/s1. The second-order valence-electron chi connectivity index (χ2n) is 6.08. The van der Waals surface area contributed by atoms with Crippen LogP contribution in [0.3, 0.4) is 0 Å². The molecule has 1 aromatic rings. The van der Waals surface area contributed by atoms with Crippen molar-refractivity contribution in [2.75, 3.05) is 6.61 Å². The maximum atomic E-state index is 12.3. The Morgan fingerprint density at radius 2 is 1.86 bits per heavy atom. The van der Waals surface area contributed by atoms with Gasteiger partial charge in [0.25, 0.3) is 0 Å². The Labute approximate surface area is 132 Å². The van der Waals surface area contributed by atoms with Crippen LogP contribution in [0, 0.1) is 5.92 Å². The first-order valence-electron chi connectivity index (χ1n) is 8.13. The van der Waals surface area contributed by atoms with Crippen molar-refractivity contribution in [1.29, 1.82) is 0 Å². The molecule has 1 N–H and O–H groups in total. The van der Waals surface area contributed by atoms with Crippen LogP contribution < -0.4 is 5.32 Å². The van der Waals surface area contributed by atoms with Crippen LogP contribution in [0.15, 0.2) is 30.3 Å². The summed E-state index contributed by atoms with van der Waals surface area (Å²) in [7, 11) is 0. The van der Waals surface area contributed by atoms with Crippen molar-refractivity contribution >= 4 is 11.9 Å². The Hall–Kier alpha value is -1.84. The Morgan fingerprint density at radius 1 is 1.18 bits per heavy atom. The van der Waals surface area contributed by atoms with Gasteiger partial charge in [-0.15, -0.1) is 0 Å². The van der Waals surface area contributed by atoms with E-state index in [0.717, 1.165) is 18.4 Å². The van der Waals surface area contributed by atoms with E-state index in [0.29, 0.717) is 18.9 Å². The lowest BCUT2D eigenvalue weighted by Crippen LogP contribution is -2.42. The second-order valence-corrected chi connectivity index (χ2v) is 6.08. The molecule has 1 aliphatic carbocycles. The highest BCUT2D eigenvalue weighted by atomic mass is 16.5. The highest BCUT2D eigenvalue weighted by Crippen LogP contribution is 2.23. The third-order valence-electron chi connectivity index (χ3n) is 4.13. The number of nitrogens with one attached hydrogen (secondary N) is 1. The fourth-order valence-electron chi connectivity index (χ4n) is 2.94. The quantitative estimate of drug-likeness (QED) is 0.822. The van der Waals surface area contributed by atoms with E-state index in [1.165, 1.54) is 26.2 Å². The van der Waals surface area contributed by atoms with Gasteiger partial charge in [0.1, 0.15) is 6.04 Å². The SMILES string of the molecule is CC(=O)N[C@@H](Cc1ccccc1)C(=O)OCC1CCCCC1. The maximum Gasteiger partial charge on any atom is 0.328 e. The minimum atomic E-state index is -0.608. The third kappa shape index (κ3) is 5.51. The number of esters is 1. The summed E-state index contributed by atoms with van der Waals surface area (Å²) in [5, 5.41) is 2.70. The molecule has 120 valence electrons. The van der Waals surface area contributed by atoms with Gasteiger partial charge >= 0.3 is 5.97 Å². The van der Waals surface area contributed by atoms with Crippen LogP contribution in [-0.4, -0.2) is 24.5 Å². The first-order chi connectivity index (χ1) is 10.6. The van der Waals surface area contributed by atoms with Crippen LogP contribution in [0.1, 0.15) is 44.6 Å². The Balaban J connectivity index is 1.89. The summed E-state index contributed by atoms with van der Waals surface area (Å²) in [5.74, 6) is -0.0624. The molecule has 1 fully saturated rings. The van der Waals surface area contributed by atoms with Crippen LogP contribution in [-0.2, 0) is 20.7 Å². The van der Waals surface area contributed by atoms with Gasteiger partial charge in [0.05, 0.1) is 6.61 Å². The summed E-state index contributed by atoms with van der Waals surface area (Å²) in [5.41, 5.74) is 1.01. The van der Waals surface area contributed by atoms with Crippen LogP contribution in [0.4, 0.5) is 0 Å². The number of amides is 1. The van der Waals surface area contributed by atoms with Crippen molar-refractivity contribution in [3.8, 4) is 0 Å². The largest absolute Gasteiger partial charge is 0.464 e. The van der Waals surface area contributed by atoms with Gasteiger partial charge in [0.15, 0.2) is 0 Å². The van der Waals surface area contributed by atoms with Gasteiger partial charge in [0.2, 0.25) is 5.91 Å². The predicted molar refractivity (Wildman–Crippen MR) is 85.3 cm³/mol. The summed E-state index contributed by atoms with van der Waals surface area (Å²) in [4.78, 5) is 23.6. The van der Waals surface area contributed by atoms with Crippen LogP contribution in [0.25, 0.3) is 0 Å². The third-order valence-corrected chi connectivity index (χ3v) is 4.13. The molecule has 0 spiro atoms. The average Bonchev–Trinajstić information content (AvgIpc) is 2.53. The summed E-state index contributed by atoms with van der Waals surface area (Å²) in [6, 6.07) is 9.06. The predicted octanol–water partition coefficient (Wildman–Crippen LogP) is 2.86. The van der Waals surface area contributed by atoms with E-state index in [9.17, 15) is 9.59 Å². The lowest BCUT2D eigenvalue weighted by atomic mass is 9.90. The Morgan fingerprint density at radius 3 is 2.50 bits per heavy atom. The van der Waals surface area contributed by atoms with Crippen molar-refractivity contribution in [3.05, 3.63) is 35.9 Å². The van der Waals surface area contributed by atoms with Gasteiger partial charge < -0.3 is 10.1 Å². The van der Waals surface area contributed by atoms with Gasteiger partial charge in [-0.2, -0.15) is 0 Å². The van der Waals surface area contributed by atoms with Gasteiger partial charge in [0, 0.05) is 13.3 Å². The minimum absolute atomic E-state index is 0.212. The molecular weight excluding hydrogens is 278 g/mol. The van der Waals surface area contributed by atoms with Crippen molar-refractivity contribution in [2.45, 2.75) is 51.5 Å². The highest BCUT2D eigenvalue weighted by molar-refractivity contribution is 5.83. The molecule has 0 unspecified atom stereocenters. The van der Waals surface area contributed by atoms with Gasteiger partial charge in [-0.25, -0.2) is 4.79 Å². The van der Waals surface area contributed by atoms with E-state index in [2.05, 4.69) is 5.32 Å². The van der Waals surface area contributed by atoms with Crippen LogP contribution >= 0.6 is 0 Å². The summed E-state index contributed by atoms with van der Waals surface area (Å²) in [6.07, 6.45) is 6.47. The first-order valence-corrected chi connectivity index (χ1v) is 8.13. The highest BCUT2D eigenvalue weighted by Gasteiger charge is 2.23. The number of benzene rings is 1. The fourth-order valence-corrected chi connectivity index (χ4v) is 2.94. The number of rotatable bonds is 6. The van der Waals surface area contributed by atoms with E-state index in [1.54, 1.807) is 0 Å². The summed E-state index contributed by atoms with van der Waals surface area (Å²) >= 11 is 0. The molecule has 1 amide bonds. The monoisotopic (exact) mass is 303 g/mol. The molecular formula is C18H25NO3. The summed E-state index contributed by atoms with van der Waals surface area (Å²) in [6.45, 7) is 1.90. The van der Waals surface area contributed by atoms with Crippen molar-refractivity contribution in [2.24, 2.45) is 5.92 Å². The van der Waals surface area contributed by atoms with E-state index in [1.807, 2.05) is 30.3 Å². The van der Waals surface area contributed by atoms with Crippen molar-refractivity contribution in [3.63, 3.8) is 0 Å². The lowest BCUT2D eigenvalue weighted by molar-refractivity contribution is -0.149. The molecule has 0 saturated heterocycles. The zero-order valence-corrected chi connectivity index (χ0v) is 13.2. The molecule has 0 bridgehead atoms. The zero-order valence-electron chi connectivity index (χ0n) is 13.2. The molecule has 4 nitrogen and oxygen atoms in total. The minimum Gasteiger partial charge on any atom is -0.464 e. The molecule has 0 heterocycles. The smallest absolute Gasteiger partial charge is 0.328 e. The van der Waals surface area contributed by atoms with Gasteiger partial charge in [-0.3, -0.25) is 4.79 Å². The molecule has 1 aliphatic rings. The molecule has 1 saturated carbocycles. The molecule has 2 rings (SSSR count). The zero-order chi connectivity index (χ0) is 15.8. The molecule has 4 heteroatoms. The number of carbonyl (C=O) groups is 2. The van der Waals surface area contributed by atoms with Crippen LogP contribution in [0.2, 0.25) is 0 Å². The summed E-state index contributed by atoms with van der Waals surface area (Å²) < 4.78 is 5.46. The van der Waals surface area contributed by atoms with Gasteiger partial charge in [-0.1, -0.05) is 49.6 Å². The molecule has 1 atom stereocenters. The van der Waals surface area contributed by atoms with Crippen molar-refractivity contribution in [1.82, 2.24) is 5.32 Å². The topological polar surface area (TPSA) is 55.4 Å². The second kappa shape index (κ2) is 8.57. The number of hydrogen-bond donors (Lipinski definition) is 1. The van der Waals surface area contributed by atoms with Crippen molar-refractivity contribution < 1.29 is 14.3 Å². The number of hydrogen-bond acceptors (Lipinski definition) is 3. The van der Waals surface area contributed by atoms with E-state index in [-0.39, 0.29) is 11.9 Å². The normalized spacial score (nSPS) is 16.8. The first kappa shape index (κ1) is 16.5. The van der Waals surface area contributed by atoms with Gasteiger partial charge in [-0.05, 0) is 24.3 Å². The van der Waals surface area contributed by atoms with E-state index >= 15 is 0 Å². The van der Waals surface area contributed by atoms with E-state index in [4.69, 9.17) is 4.74 Å². The number of carbonyl (C=O) groups excluding carboxylic acids is 2.